The average molecular weight is 338 g/mol. The van der Waals surface area contributed by atoms with Gasteiger partial charge in [-0.15, -0.1) is 0 Å². The minimum absolute atomic E-state index is 0.136. The van der Waals surface area contributed by atoms with Crippen LogP contribution in [-0.2, 0) is 16.6 Å². The Hall–Kier alpha value is -1.99. The minimum Gasteiger partial charge on any atom is -0.455 e. The summed E-state index contributed by atoms with van der Waals surface area (Å²) in [6.45, 7) is 1.25. The van der Waals surface area contributed by atoms with Crippen molar-refractivity contribution in [3.05, 3.63) is 53.7 Å². The first-order valence-electron chi connectivity index (χ1n) is 7.11. The Kier molecular flexibility index (Phi) is 6.06. The molecule has 7 heteroatoms. The van der Waals surface area contributed by atoms with Crippen molar-refractivity contribution in [2.75, 3.05) is 27.2 Å². The number of carbonyl (C=O) groups is 1. The zero-order chi connectivity index (χ0) is 16.8. The highest BCUT2D eigenvalue weighted by Crippen LogP contribution is 2.15. The molecule has 1 N–H and O–H groups in total. The van der Waals surface area contributed by atoms with Crippen LogP contribution in [0.4, 0.5) is 4.39 Å². The normalized spacial score (nSPS) is 12.3. The lowest BCUT2D eigenvalue weighted by Crippen LogP contribution is -2.31. The van der Waals surface area contributed by atoms with Crippen LogP contribution in [0.3, 0.4) is 0 Å². The molecule has 0 radical (unpaired) electrons. The first-order valence-corrected chi connectivity index (χ1v) is 8.43. The summed E-state index contributed by atoms with van der Waals surface area (Å²) >= 11 is 0. The molecule has 0 bridgehead atoms. The van der Waals surface area contributed by atoms with Crippen molar-refractivity contribution in [2.45, 2.75) is 10.6 Å². The van der Waals surface area contributed by atoms with E-state index in [1.807, 2.05) is 19.0 Å². The number of furan rings is 1. The van der Waals surface area contributed by atoms with Gasteiger partial charge >= 0.3 is 0 Å². The van der Waals surface area contributed by atoms with Gasteiger partial charge in [-0.3, -0.25) is 9.00 Å². The van der Waals surface area contributed by atoms with Gasteiger partial charge in [-0.05, 0) is 50.5 Å². The minimum atomic E-state index is -1.35. The number of benzene rings is 1. The molecule has 1 aromatic carbocycles. The average Bonchev–Trinajstić information content (AvgIpc) is 2.96. The van der Waals surface area contributed by atoms with Gasteiger partial charge in [-0.2, -0.15) is 0 Å². The Bertz CT molecular complexity index is 683. The van der Waals surface area contributed by atoms with Crippen LogP contribution in [0.15, 0.2) is 45.7 Å². The van der Waals surface area contributed by atoms with Crippen LogP contribution >= 0.6 is 0 Å². The molecular weight excluding hydrogens is 319 g/mol. The Balaban J connectivity index is 1.92. The zero-order valence-electron chi connectivity index (χ0n) is 13.0. The molecule has 1 amide bonds. The van der Waals surface area contributed by atoms with E-state index in [4.69, 9.17) is 4.42 Å². The maximum atomic E-state index is 12.9. The molecule has 1 heterocycles. The van der Waals surface area contributed by atoms with Gasteiger partial charge in [-0.1, -0.05) is 0 Å². The van der Waals surface area contributed by atoms with E-state index in [0.29, 0.717) is 17.2 Å². The summed E-state index contributed by atoms with van der Waals surface area (Å²) in [7, 11) is 2.48. The summed E-state index contributed by atoms with van der Waals surface area (Å²) < 4.78 is 30.5. The van der Waals surface area contributed by atoms with Crippen molar-refractivity contribution in [1.29, 1.82) is 0 Å². The molecule has 1 aromatic heterocycles. The number of carbonyl (C=O) groups excluding carboxylic acids is 1. The Morgan fingerprint density at radius 1 is 1.22 bits per heavy atom. The van der Waals surface area contributed by atoms with Gasteiger partial charge in [0.15, 0.2) is 5.76 Å². The van der Waals surface area contributed by atoms with Gasteiger partial charge in [0, 0.05) is 18.0 Å². The second-order valence-corrected chi connectivity index (χ2v) is 6.72. The van der Waals surface area contributed by atoms with Crippen LogP contribution in [0.25, 0.3) is 0 Å². The van der Waals surface area contributed by atoms with Crippen LogP contribution in [0.2, 0.25) is 0 Å². The summed E-state index contributed by atoms with van der Waals surface area (Å²) in [5.41, 5.74) is 0. The molecule has 23 heavy (non-hydrogen) atoms. The quantitative estimate of drug-likeness (QED) is 0.839. The molecular formula is C16H19FN2O3S. The van der Waals surface area contributed by atoms with Crippen LogP contribution in [0.5, 0.6) is 0 Å². The van der Waals surface area contributed by atoms with Crippen molar-refractivity contribution < 1.29 is 17.8 Å². The Labute approximate surface area is 136 Å². The van der Waals surface area contributed by atoms with Gasteiger partial charge in [0.1, 0.15) is 11.6 Å². The van der Waals surface area contributed by atoms with E-state index < -0.39 is 10.8 Å². The highest BCUT2D eigenvalue weighted by atomic mass is 32.2. The van der Waals surface area contributed by atoms with Crippen LogP contribution in [0.1, 0.15) is 16.3 Å². The number of nitrogens with zero attached hydrogens (tertiary/aromatic N) is 1. The Morgan fingerprint density at radius 3 is 2.57 bits per heavy atom. The predicted molar refractivity (Wildman–Crippen MR) is 86.1 cm³/mol. The summed E-state index contributed by atoms with van der Waals surface area (Å²) in [4.78, 5) is 14.4. The molecule has 124 valence electrons. The van der Waals surface area contributed by atoms with Gasteiger partial charge in [0.05, 0.1) is 16.6 Å². The summed E-state index contributed by atoms with van der Waals surface area (Å²) in [5.74, 6) is 0.0998. The first-order chi connectivity index (χ1) is 11.0. The number of amides is 1. The van der Waals surface area contributed by atoms with Gasteiger partial charge in [0.25, 0.3) is 5.91 Å². The third-order valence-corrected chi connectivity index (χ3v) is 4.42. The second kappa shape index (κ2) is 8.03. The third kappa shape index (κ3) is 5.30. The largest absolute Gasteiger partial charge is 0.455 e. The fourth-order valence-electron chi connectivity index (χ4n) is 1.86. The van der Waals surface area contributed by atoms with E-state index in [1.165, 1.54) is 24.3 Å². The maximum Gasteiger partial charge on any atom is 0.287 e. The smallest absolute Gasteiger partial charge is 0.287 e. The molecule has 5 nitrogen and oxygen atoms in total. The lowest BCUT2D eigenvalue weighted by molar-refractivity contribution is 0.0922. The molecule has 0 saturated heterocycles. The lowest BCUT2D eigenvalue weighted by Gasteiger charge is -2.09. The molecule has 2 rings (SSSR count). The highest BCUT2D eigenvalue weighted by Gasteiger charge is 2.13. The van der Waals surface area contributed by atoms with Crippen molar-refractivity contribution in [2.24, 2.45) is 0 Å². The van der Waals surface area contributed by atoms with Crippen molar-refractivity contribution in [3.63, 3.8) is 0 Å². The van der Waals surface area contributed by atoms with Crippen LogP contribution in [-0.4, -0.2) is 42.2 Å². The van der Waals surface area contributed by atoms with E-state index in [2.05, 4.69) is 5.32 Å². The van der Waals surface area contributed by atoms with E-state index in [1.54, 1.807) is 12.1 Å². The summed E-state index contributed by atoms with van der Waals surface area (Å²) in [6, 6.07) is 8.66. The number of likely N-dealkylation sites (N-methyl/N-ethyl adjacent to an activating group) is 1. The topological polar surface area (TPSA) is 62.6 Å². The number of halogens is 1. The van der Waals surface area contributed by atoms with E-state index in [0.717, 1.165) is 6.54 Å². The van der Waals surface area contributed by atoms with E-state index in [9.17, 15) is 13.4 Å². The molecule has 0 aliphatic rings. The van der Waals surface area contributed by atoms with Gasteiger partial charge in [0.2, 0.25) is 0 Å². The third-order valence-electron chi connectivity index (χ3n) is 3.08. The monoisotopic (exact) mass is 338 g/mol. The van der Waals surface area contributed by atoms with Gasteiger partial charge < -0.3 is 14.6 Å². The zero-order valence-corrected chi connectivity index (χ0v) is 13.9. The van der Waals surface area contributed by atoms with Crippen LogP contribution in [0, 0.1) is 5.82 Å². The lowest BCUT2D eigenvalue weighted by atomic mass is 10.4. The molecule has 0 fully saturated rings. The maximum absolute atomic E-state index is 12.9. The Morgan fingerprint density at radius 2 is 1.91 bits per heavy atom. The number of nitrogens with one attached hydrogen (secondary N) is 1. The number of hydrogen-bond donors (Lipinski definition) is 1. The molecule has 0 saturated carbocycles. The van der Waals surface area contributed by atoms with E-state index in [-0.39, 0.29) is 23.2 Å². The summed E-state index contributed by atoms with van der Waals surface area (Å²) in [5, 5.41) is 2.74. The molecule has 2 aromatic rings. The molecule has 1 atom stereocenters. The molecule has 0 aliphatic carbocycles. The fourth-order valence-corrected chi connectivity index (χ4v) is 2.88. The first kappa shape index (κ1) is 17.4. The van der Waals surface area contributed by atoms with E-state index >= 15 is 0 Å². The number of rotatable bonds is 7. The van der Waals surface area contributed by atoms with Crippen molar-refractivity contribution in [1.82, 2.24) is 10.2 Å². The SMILES string of the molecule is CN(C)CCNC(=O)c1ccc(C[S@@](=O)c2ccc(F)cc2)o1. The van der Waals surface area contributed by atoms with Crippen molar-refractivity contribution >= 4 is 16.7 Å². The molecule has 0 aliphatic heterocycles. The predicted octanol–water partition coefficient (Wildman–Crippen LogP) is 2.02. The van der Waals surface area contributed by atoms with Crippen LogP contribution < -0.4 is 5.32 Å². The van der Waals surface area contributed by atoms with Crippen molar-refractivity contribution in [3.8, 4) is 0 Å². The number of hydrogen-bond acceptors (Lipinski definition) is 4. The van der Waals surface area contributed by atoms with Gasteiger partial charge in [-0.25, -0.2) is 4.39 Å². The fraction of sp³-hybridized carbons (Fsp3) is 0.312. The molecule has 0 spiro atoms. The second-order valence-electron chi connectivity index (χ2n) is 5.27. The summed E-state index contributed by atoms with van der Waals surface area (Å²) in [6.07, 6.45) is 0. The standard InChI is InChI=1S/C16H19FN2O3S/c1-19(2)10-9-18-16(20)15-8-5-13(22-15)11-23(21)14-6-3-12(17)4-7-14/h3-8H,9-11H2,1-2H3,(H,18,20)/t23-/m1/s1. The highest BCUT2D eigenvalue weighted by molar-refractivity contribution is 7.84. The molecule has 0 unspecified atom stereocenters.